The van der Waals surface area contributed by atoms with Crippen LogP contribution in [0.5, 0.6) is 0 Å². The Morgan fingerprint density at radius 2 is 2.00 bits per heavy atom. The van der Waals surface area contributed by atoms with E-state index >= 15 is 0 Å². The molecule has 2 aromatic carbocycles. The summed E-state index contributed by atoms with van der Waals surface area (Å²) in [6, 6.07) is 15.8. The van der Waals surface area contributed by atoms with Crippen LogP contribution >= 0.6 is 11.6 Å². The van der Waals surface area contributed by atoms with Crippen LogP contribution in [0.2, 0.25) is 5.02 Å². The standard InChI is InChI=1S/C22H22ClN3O/c1-16-5-6-20-19(13-16)22(7-10-25(11-8-22)12-9-24)15-26(20)21(27)17-3-2-4-18(23)14-17/h2-6,13-14H,7-8,10-12,15H2,1H3. The molecule has 0 atom stereocenters. The quantitative estimate of drug-likeness (QED) is 0.736. The number of benzene rings is 2. The van der Waals surface area contributed by atoms with Crippen molar-refractivity contribution in [2.45, 2.75) is 25.2 Å². The van der Waals surface area contributed by atoms with Gasteiger partial charge in [-0.3, -0.25) is 9.69 Å². The number of hydrogen-bond acceptors (Lipinski definition) is 3. The summed E-state index contributed by atoms with van der Waals surface area (Å²) in [6.45, 7) is 5.04. The number of nitriles is 1. The second-order valence-electron chi connectivity index (χ2n) is 7.64. The van der Waals surface area contributed by atoms with Gasteiger partial charge in [-0.25, -0.2) is 0 Å². The number of carbonyl (C=O) groups excluding carboxylic acids is 1. The Kier molecular flexibility index (Phi) is 4.67. The van der Waals surface area contributed by atoms with E-state index in [1.54, 1.807) is 12.1 Å². The van der Waals surface area contributed by atoms with Crippen molar-refractivity contribution >= 4 is 23.2 Å². The Morgan fingerprint density at radius 1 is 1.22 bits per heavy atom. The van der Waals surface area contributed by atoms with Crippen LogP contribution in [-0.4, -0.2) is 37.0 Å². The Labute approximate surface area is 165 Å². The number of amides is 1. The van der Waals surface area contributed by atoms with E-state index in [0.717, 1.165) is 31.6 Å². The summed E-state index contributed by atoms with van der Waals surface area (Å²) in [6.07, 6.45) is 1.93. The summed E-state index contributed by atoms with van der Waals surface area (Å²) in [7, 11) is 0. The summed E-state index contributed by atoms with van der Waals surface area (Å²) < 4.78 is 0. The van der Waals surface area contributed by atoms with Crippen molar-refractivity contribution in [3.8, 4) is 6.07 Å². The van der Waals surface area contributed by atoms with Crippen LogP contribution in [0.25, 0.3) is 0 Å². The first-order chi connectivity index (χ1) is 13.0. The van der Waals surface area contributed by atoms with Crippen molar-refractivity contribution in [3.63, 3.8) is 0 Å². The van der Waals surface area contributed by atoms with E-state index in [2.05, 4.69) is 36.1 Å². The molecule has 1 spiro atoms. The minimum Gasteiger partial charge on any atom is -0.307 e. The van der Waals surface area contributed by atoms with Gasteiger partial charge in [-0.2, -0.15) is 5.26 Å². The second-order valence-corrected chi connectivity index (χ2v) is 8.07. The zero-order chi connectivity index (χ0) is 19.0. The first kappa shape index (κ1) is 18.0. The SMILES string of the molecule is Cc1ccc2c(c1)C1(CCN(CC#N)CC1)CN2C(=O)c1cccc(Cl)c1. The van der Waals surface area contributed by atoms with Crippen LogP contribution in [0, 0.1) is 18.3 Å². The molecule has 2 aliphatic rings. The van der Waals surface area contributed by atoms with Gasteiger partial charge < -0.3 is 4.90 Å². The topological polar surface area (TPSA) is 47.3 Å². The average Bonchev–Trinajstić information content (AvgIpc) is 2.97. The zero-order valence-corrected chi connectivity index (χ0v) is 16.2. The molecule has 0 N–H and O–H groups in total. The minimum absolute atomic E-state index is 0.000988. The predicted molar refractivity (Wildman–Crippen MR) is 107 cm³/mol. The van der Waals surface area contributed by atoms with Gasteiger partial charge in [0.15, 0.2) is 0 Å². The van der Waals surface area contributed by atoms with Crippen molar-refractivity contribution in [2.75, 3.05) is 31.1 Å². The lowest BCUT2D eigenvalue weighted by Crippen LogP contribution is -2.46. The molecular formula is C22H22ClN3O. The van der Waals surface area contributed by atoms with Crippen molar-refractivity contribution in [1.29, 1.82) is 5.26 Å². The second kappa shape index (κ2) is 6.99. The average molecular weight is 380 g/mol. The number of nitrogens with zero attached hydrogens (tertiary/aromatic N) is 3. The fourth-order valence-electron chi connectivity index (χ4n) is 4.41. The molecule has 2 aromatic rings. The number of halogens is 1. The number of carbonyl (C=O) groups is 1. The Hall–Kier alpha value is -2.35. The highest BCUT2D eigenvalue weighted by atomic mass is 35.5. The van der Waals surface area contributed by atoms with Gasteiger partial charge in [0.05, 0.1) is 12.6 Å². The fourth-order valence-corrected chi connectivity index (χ4v) is 4.60. The van der Waals surface area contributed by atoms with Gasteiger partial charge in [-0.15, -0.1) is 0 Å². The molecule has 4 nitrogen and oxygen atoms in total. The van der Waals surface area contributed by atoms with Crippen LogP contribution < -0.4 is 4.90 Å². The Balaban J connectivity index is 1.69. The summed E-state index contributed by atoms with van der Waals surface area (Å²) >= 11 is 6.10. The fraction of sp³-hybridized carbons (Fsp3) is 0.364. The molecule has 0 radical (unpaired) electrons. The summed E-state index contributed by atoms with van der Waals surface area (Å²) in [5.41, 5.74) is 4.09. The van der Waals surface area contributed by atoms with Crippen LogP contribution in [0.3, 0.4) is 0 Å². The van der Waals surface area contributed by atoms with E-state index in [1.165, 1.54) is 11.1 Å². The zero-order valence-electron chi connectivity index (χ0n) is 15.4. The van der Waals surface area contributed by atoms with Crippen molar-refractivity contribution in [1.82, 2.24) is 4.90 Å². The number of rotatable bonds is 2. The monoisotopic (exact) mass is 379 g/mol. The molecule has 0 aliphatic carbocycles. The Bertz CT molecular complexity index is 925. The Morgan fingerprint density at radius 3 is 2.70 bits per heavy atom. The van der Waals surface area contributed by atoms with Crippen LogP contribution in [0.4, 0.5) is 5.69 Å². The van der Waals surface area contributed by atoms with Gasteiger partial charge >= 0.3 is 0 Å². The maximum atomic E-state index is 13.3. The molecule has 1 fully saturated rings. The highest BCUT2D eigenvalue weighted by Crippen LogP contribution is 2.47. The molecule has 4 rings (SSSR count). The lowest BCUT2D eigenvalue weighted by Gasteiger charge is -2.39. The third-order valence-electron chi connectivity index (χ3n) is 5.90. The van der Waals surface area contributed by atoms with E-state index in [1.807, 2.05) is 17.0 Å². The number of aryl methyl sites for hydroxylation is 1. The van der Waals surface area contributed by atoms with Gasteiger partial charge in [0.25, 0.3) is 5.91 Å². The van der Waals surface area contributed by atoms with Crippen molar-refractivity contribution < 1.29 is 4.79 Å². The highest BCUT2D eigenvalue weighted by Gasteiger charge is 2.46. The third-order valence-corrected chi connectivity index (χ3v) is 6.13. The molecule has 0 saturated carbocycles. The van der Waals surface area contributed by atoms with Crippen molar-refractivity contribution in [2.24, 2.45) is 0 Å². The highest BCUT2D eigenvalue weighted by molar-refractivity contribution is 6.31. The minimum atomic E-state index is -0.0262. The summed E-state index contributed by atoms with van der Waals surface area (Å²) in [5.74, 6) is -0.000988. The molecule has 1 amide bonds. The molecular weight excluding hydrogens is 358 g/mol. The molecule has 0 unspecified atom stereocenters. The molecule has 2 aliphatic heterocycles. The number of anilines is 1. The maximum absolute atomic E-state index is 13.3. The van der Waals surface area contributed by atoms with Gasteiger partial charge in [0.1, 0.15) is 0 Å². The predicted octanol–water partition coefficient (Wildman–Crippen LogP) is 4.17. The van der Waals surface area contributed by atoms with Crippen LogP contribution in [0.1, 0.15) is 34.3 Å². The van der Waals surface area contributed by atoms with E-state index in [0.29, 0.717) is 23.7 Å². The van der Waals surface area contributed by atoms with E-state index in [9.17, 15) is 4.79 Å². The molecule has 27 heavy (non-hydrogen) atoms. The third kappa shape index (κ3) is 3.22. The largest absolute Gasteiger partial charge is 0.307 e. The van der Waals surface area contributed by atoms with Gasteiger partial charge in [0, 0.05) is 41.3 Å². The van der Waals surface area contributed by atoms with Gasteiger partial charge in [-0.05, 0) is 49.6 Å². The normalized spacial score (nSPS) is 18.3. The lowest BCUT2D eigenvalue weighted by atomic mass is 9.74. The van der Waals surface area contributed by atoms with Gasteiger partial charge in [0.2, 0.25) is 0 Å². The first-order valence-electron chi connectivity index (χ1n) is 9.30. The smallest absolute Gasteiger partial charge is 0.258 e. The number of likely N-dealkylation sites (tertiary alicyclic amines) is 1. The van der Waals surface area contributed by atoms with Crippen LogP contribution in [0.15, 0.2) is 42.5 Å². The summed E-state index contributed by atoms with van der Waals surface area (Å²) in [5, 5.41) is 9.55. The first-order valence-corrected chi connectivity index (χ1v) is 9.68. The number of piperidine rings is 1. The van der Waals surface area contributed by atoms with E-state index in [-0.39, 0.29) is 11.3 Å². The van der Waals surface area contributed by atoms with Gasteiger partial charge in [-0.1, -0.05) is 35.4 Å². The number of fused-ring (bicyclic) bond motifs is 2. The molecule has 1 saturated heterocycles. The molecule has 0 bridgehead atoms. The van der Waals surface area contributed by atoms with E-state index < -0.39 is 0 Å². The van der Waals surface area contributed by atoms with Crippen LogP contribution in [-0.2, 0) is 5.41 Å². The number of hydrogen-bond donors (Lipinski definition) is 0. The molecule has 0 aromatic heterocycles. The molecule has 2 heterocycles. The van der Waals surface area contributed by atoms with E-state index in [4.69, 9.17) is 16.9 Å². The maximum Gasteiger partial charge on any atom is 0.258 e. The van der Waals surface area contributed by atoms with Crippen molar-refractivity contribution in [3.05, 3.63) is 64.2 Å². The summed E-state index contributed by atoms with van der Waals surface area (Å²) in [4.78, 5) is 17.4. The molecule has 5 heteroatoms. The molecule has 138 valence electrons. The lowest BCUT2D eigenvalue weighted by molar-refractivity contribution is 0.0978.